The summed E-state index contributed by atoms with van der Waals surface area (Å²) in [4.78, 5) is 12.7. The van der Waals surface area contributed by atoms with Gasteiger partial charge in [0.1, 0.15) is 5.75 Å². The van der Waals surface area contributed by atoms with Crippen LogP contribution in [-0.2, 0) is 4.74 Å². The molecule has 0 saturated carbocycles. The first-order chi connectivity index (χ1) is 12.4. The van der Waals surface area contributed by atoms with E-state index in [1.54, 1.807) is 7.11 Å². The van der Waals surface area contributed by atoms with Crippen LogP contribution in [0.3, 0.4) is 0 Å². The molecule has 0 aliphatic rings. The van der Waals surface area contributed by atoms with Crippen molar-refractivity contribution in [2.75, 3.05) is 14.2 Å². The Labute approximate surface area is 154 Å². The molecule has 134 valence electrons. The van der Waals surface area contributed by atoms with Gasteiger partial charge in [0.15, 0.2) is 0 Å². The number of ether oxygens (including phenoxy) is 2. The van der Waals surface area contributed by atoms with Crippen molar-refractivity contribution >= 4 is 16.7 Å². The van der Waals surface area contributed by atoms with Gasteiger partial charge in [-0.3, -0.25) is 0 Å². The van der Waals surface area contributed by atoms with E-state index < -0.39 is 0 Å². The van der Waals surface area contributed by atoms with Gasteiger partial charge in [0.05, 0.1) is 19.8 Å². The minimum atomic E-state index is -0.321. The van der Waals surface area contributed by atoms with Crippen molar-refractivity contribution in [3.8, 4) is 16.9 Å². The predicted molar refractivity (Wildman–Crippen MR) is 106 cm³/mol. The molecule has 0 bridgehead atoms. The van der Waals surface area contributed by atoms with E-state index in [4.69, 9.17) is 9.47 Å². The van der Waals surface area contributed by atoms with E-state index in [0.29, 0.717) is 5.56 Å². The molecule has 0 amide bonds. The smallest absolute Gasteiger partial charge is 0.338 e. The van der Waals surface area contributed by atoms with E-state index in [9.17, 15) is 4.79 Å². The highest BCUT2D eigenvalue weighted by atomic mass is 16.5. The third kappa shape index (κ3) is 2.64. The van der Waals surface area contributed by atoms with Crippen LogP contribution in [0, 0.1) is 27.7 Å². The number of benzene rings is 3. The zero-order valence-corrected chi connectivity index (χ0v) is 16.2. The number of hydrogen-bond acceptors (Lipinski definition) is 3. The summed E-state index contributed by atoms with van der Waals surface area (Å²) in [6.07, 6.45) is 0. The van der Waals surface area contributed by atoms with Gasteiger partial charge >= 0.3 is 5.97 Å². The second kappa shape index (κ2) is 6.83. The quantitative estimate of drug-likeness (QED) is 0.583. The Morgan fingerprint density at radius 1 is 0.769 bits per heavy atom. The van der Waals surface area contributed by atoms with E-state index in [2.05, 4.69) is 26.0 Å². The van der Waals surface area contributed by atoms with Gasteiger partial charge in [0.25, 0.3) is 0 Å². The Morgan fingerprint density at radius 3 is 2.08 bits per heavy atom. The highest BCUT2D eigenvalue weighted by Crippen LogP contribution is 2.43. The Kier molecular flexibility index (Phi) is 4.73. The number of carbonyl (C=O) groups excluding carboxylic acids is 1. The Hall–Kier alpha value is -2.81. The summed E-state index contributed by atoms with van der Waals surface area (Å²) in [5.74, 6) is 0.429. The first-order valence-corrected chi connectivity index (χ1v) is 8.67. The molecule has 0 aliphatic carbocycles. The second-order valence-electron chi connectivity index (χ2n) is 6.61. The van der Waals surface area contributed by atoms with Gasteiger partial charge in [-0.2, -0.15) is 0 Å². The fourth-order valence-corrected chi connectivity index (χ4v) is 3.66. The van der Waals surface area contributed by atoms with Crippen LogP contribution in [0.25, 0.3) is 21.9 Å². The van der Waals surface area contributed by atoms with Crippen molar-refractivity contribution in [3.63, 3.8) is 0 Å². The molecular weight excluding hydrogens is 324 g/mol. The summed E-state index contributed by atoms with van der Waals surface area (Å²) in [6.45, 7) is 8.19. The summed E-state index contributed by atoms with van der Waals surface area (Å²) in [7, 11) is 3.09. The van der Waals surface area contributed by atoms with Gasteiger partial charge in [-0.15, -0.1) is 0 Å². The number of methoxy groups -OCH3 is 2. The van der Waals surface area contributed by atoms with E-state index in [-0.39, 0.29) is 5.97 Å². The molecule has 0 atom stereocenters. The maximum absolute atomic E-state index is 12.7. The fourth-order valence-electron chi connectivity index (χ4n) is 3.66. The molecule has 0 saturated heterocycles. The van der Waals surface area contributed by atoms with Gasteiger partial charge in [-0.05, 0) is 66.8 Å². The Balaban J connectivity index is 2.56. The summed E-state index contributed by atoms with van der Waals surface area (Å²) in [5, 5.41) is 2.16. The van der Waals surface area contributed by atoms with Crippen LogP contribution in [0.1, 0.15) is 32.6 Å². The Morgan fingerprint density at radius 2 is 1.42 bits per heavy atom. The minimum absolute atomic E-state index is 0.321. The minimum Gasteiger partial charge on any atom is -0.496 e. The predicted octanol–water partition coefficient (Wildman–Crippen LogP) is 5.54. The van der Waals surface area contributed by atoms with Gasteiger partial charge in [0, 0.05) is 11.1 Å². The van der Waals surface area contributed by atoms with Crippen LogP contribution < -0.4 is 4.74 Å². The second-order valence-corrected chi connectivity index (χ2v) is 6.61. The summed E-state index contributed by atoms with van der Waals surface area (Å²) in [5.41, 5.74) is 6.77. The molecule has 3 aromatic carbocycles. The fraction of sp³-hybridized carbons (Fsp3) is 0.261. The van der Waals surface area contributed by atoms with Crippen LogP contribution in [-0.4, -0.2) is 20.2 Å². The Bertz CT molecular complexity index is 1020. The van der Waals surface area contributed by atoms with Crippen molar-refractivity contribution in [2.24, 2.45) is 0 Å². The molecule has 3 rings (SSSR count). The first kappa shape index (κ1) is 18.0. The van der Waals surface area contributed by atoms with Crippen molar-refractivity contribution in [2.45, 2.75) is 27.7 Å². The van der Waals surface area contributed by atoms with Crippen molar-refractivity contribution in [3.05, 3.63) is 64.2 Å². The average Bonchev–Trinajstić information content (AvgIpc) is 2.67. The molecule has 0 radical (unpaired) electrons. The molecule has 3 nitrogen and oxygen atoms in total. The molecule has 0 N–H and O–H groups in total. The number of esters is 1. The normalized spacial score (nSPS) is 10.8. The largest absolute Gasteiger partial charge is 0.496 e. The van der Waals surface area contributed by atoms with Crippen LogP contribution >= 0.6 is 0 Å². The van der Waals surface area contributed by atoms with Crippen LogP contribution in [0.15, 0.2) is 36.4 Å². The van der Waals surface area contributed by atoms with E-state index >= 15 is 0 Å². The SMILES string of the molecule is COC(=O)c1c(C)c(C)c(C)c(C)c1-c1c(OC)ccc2ccccc12. The van der Waals surface area contributed by atoms with Crippen LogP contribution in [0.4, 0.5) is 0 Å². The van der Waals surface area contributed by atoms with Gasteiger partial charge in [0.2, 0.25) is 0 Å². The van der Waals surface area contributed by atoms with E-state index in [1.165, 1.54) is 12.7 Å². The molecule has 3 aromatic rings. The lowest BCUT2D eigenvalue weighted by Crippen LogP contribution is -2.11. The third-order valence-corrected chi connectivity index (χ3v) is 5.44. The van der Waals surface area contributed by atoms with Crippen molar-refractivity contribution in [1.82, 2.24) is 0 Å². The van der Waals surface area contributed by atoms with Crippen LogP contribution in [0.2, 0.25) is 0 Å². The van der Waals surface area contributed by atoms with Crippen molar-refractivity contribution < 1.29 is 14.3 Å². The van der Waals surface area contributed by atoms with E-state index in [0.717, 1.165) is 44.3 Å². The van der Waals surface area contributed by atoms with Crippen LogP contribution in [0.5, 0.6) is 5.75 Å². The number of carbonyl (C=O) groups is 1. The van der Waals surface area contributed by atoms with Gasteiger partial charge < -0.3 is 9.47 Å². The molecule has 3 heteroatoms. The van der Waals surface area contributed by atoms with Crippen molar-refractivity contribution in [1.29, 1.82) is 0 Å². The highest BCUT2D eigenvalue weighted by molar-refractivity contribution is 6.08. The lowest BCUT2D eigenvalue weighted by atomic mass is 9.83. The van der Waals surface area contributed by atoms with Gasteiger partial charge in [-0.1, -0.05) is 30.3 Å². The zero-order valence-electron chi connectivity index (χ0n) is 16.2. The summed E-state index contributed by atoms with van der Waals surface area (Å²) in [6, 6.07) is 12.2. The number of rotatable bonds is 3. The molecule has 0 aliphatic heterocycles. The lowest BCUT2D eigenvalue weighted by molar-refractivity contribution is 0.0600. The van der Waals surface area contributed by atoms with Gasteiger partial charge in [-0.25, -0.2) is 4.79 Å². The standard InChI is InChI=1S/C23H24O3/c1-13-14(2)16(4)21(23(24)26-6)20(15(13)3)22-18-10-8-7-9-17(18)11-12-19(22)25-5/h7-12H,1-6H3. The topological polar surface area (TPSA) is 35.5 Å². The molecule has 0 unspecified atom stereocenters. The molecule has 0 aromatic heterocycles. The van der Waals surface area contributed by atoms with E-state index in [1.807, 2.05) is 38.1 Å². The highest BCUT2D eigenvalue weighted by Gasteiger charge is 2.25. The molecule has 0 spiro atoms. The maximum atomic E-state index is 12.7. The summed E-state index contributed by atoms with van der Waals surface area (Å²) >= 11 is 0. The molecule has 0 fully saturated rings. The number of hydrogen-bond donors (Lipinski definition) is 0. The number of fused-ring (bicyclic) bond motifs is 1. The zero-order chi connectivity index (χ0) is 19.0. The molecule has 0 heterocycles. The third-order valence-electron chi connectivity index (χ3n) is 5.44. The molecule has 26 heavy (non-hydrogen) atoms. The molecular formula is C23H24O3. The average molecular weight is 348 g/mol. The lowest BCUT2D eigenvalue weighted by Gasteiger charge is -2.22. The monoisotopic (exact) mass is 348 g/mol. The maximum Gasteiger partial charge on any atom is 0.338 e. The summed E-state index contributed by atoms with van der Waals surface area (Å²) < 4.78 is 10.8. The first-order valence-electron chi connectivity index (χ1n) is 8.67.